The Bertz CT molecular complexity index is 446. The van der Waals surface area contributed by atoms with Crippen LogP contribution in [0.3, 0.4) is 0 Å². The van der Waals surface area contributed by atoms with Gasteiger partial charge in [0, 0.05) is 26.1 Å². The Balaban J connectivity index is 2.96. The molecule has 6 nitrogen and oxygen atoms in total. The van der Waals surface area contributed by atoms with Crippen molar-refractivity contribution >= 4 is 21.6 Å². The van der Waals surface area contributed by atoms with E-state index in [1.54, 1.807) is 6.92 Å². The van der Waals surface area contributed by atoms with E-state index in [-0.39, 0.29) is 23.9 Å². The second-order valence-electron chi connectivity index (χ2n) is 3.45. The molecule has 0 bridgehead atoms. The molecule has 0 saturated carbocycles. The number of alkyl halides is 1. The monoisotopic (exact) mass is 281 g/mol. The molecule has 0 fully saturated rings. The van der Waals surface area contributed by atoms with Gasteiger partial charge in [-0.3, -0.25) is 5.10 Å². The van der Waals surface area contributed by atoms with Gasteiger partial charge in [0.1, 0.15) is 4.90 Å². The van der Waals surface area contributed by atoms with Crippen LogP contribution in [0.15, 0.2) is 11.1 Å². The number of nitrogens with zero attached hydrogens (tertiary/aromatic N) is 2. The molecule has 0 aromatic carbocycles. The van der Waals surface area contributed by atoms with E-state index < -0.39 is 10.0 Å². The molecule has 98 valence electrons. The number of hydrogen-bond donors (Lipinski definition) is 1. The standard InChI is InChI=1S/C9H16ClN3O3S/c1-8-9(7-11-12-8)17(14,15)13(4-3-10)5-6-16-2/h7H,3-6H2,1-2H3,(H,11,12). The number of rotatable bonds is 7. The highest BCUT2D eigenvalue weighted by Gasteiger charge is 2.26. The summed E-state index contributed by atoms with van der Waals surface area (Å²) < 4.78 is 30.7. The van der Waals surface area contributed by atoms with Crippen LogP contribution < -0.4 is 0 Å². The third-order valence-corrected chi connectivity index (χ3v) is 4.46. The first kappa shape index (κ1) is 14.4. The minimum atomic E-state index is -3.55. The van der Waals surface area contributed by atoms with Crippen LogP contribution >= 0.6 is 11.6 Å². The zero-order valence-electron chi connectivity index (χ0n) is 9.81. The Hall–Kier alpha value is -0.630. The van der Waals surface area contributed by atoms with Crippen LogP contribution in [0.1, 0.15) is 5.69 Å². The number of aromatic nitrogens is 2. The highest BCUT2D eigenvalue weighted by Crippen LogP contribution is 2.17. The minimum Gasteiger partial charge on any atom is -0.383 e. The summed E-state index contributed by atoms with van der Waals surface area (Å²) in [4.78, 5) is 0.179. The molecule has 1 heterocycles. The van der Waals surface area contributed by atoms with Gasteiger partial charge >= 0.3 is 0 Å². The van der Waals surface area contributed by atoms with Crippen molar-refractivity contribution in [2.24, 2.45) is 0 Å². The Morgan fingerprint density at radius 2 is 2.24 bits per heavy atom. The summed E-state index contributed by atoms with van der Waals surface area (Å²) in [5.41, 5.74) is 0.516. The first-order valence-corrected chi connectivity index (χ1v) is 7.06. The van der Waals surface area contributed by atoms with Crippen molar-refractivity contribution in [3.05, 3.63) is 11.9 Å². The summed E-state index contributed by atoms with van der Waals surface area (Å²) in [5, 5.41) is 6.32. The fourth-order valence-electron chi connectivity index (χ4n) is 1.38. The largest absolute Gasteiger partial charge is 0.383 e. The van der Waals surface area contributed by atoms with Crippen LogP contribution in [0, 0.1) is 6.92 Å². The molecule has 0 saturated heterocycles. The number of H-pyrrole nitrogens is 1. The van der Waals surface area contributed by atoms with Crippen molar-refractivity contribution in [1.29, 1.82) is 0 Å². The molecule has 0 aliphatic heterocycles. The van der Waals surface area contributed by atoms with Crippen molar-refractivity contribution in [2.45, 2.75) is 11.8 Å². The third-order valence-electron chi connectivity index (χ3n) is 2.28. The van der Waals surface area contributed by atoms with Crippen LogP contribution in [0.25, 0.3) is 0 Å². The summed E-state index contributed by atoms with van der Waals surface area (Å²) in [6, 6.07) is 0. The summed E-state index contributed by atoms with van der Waals surface area (Å²) in [5.74, 6) is 0.236. The zero-order valence-corrected chi connectivity index (χ0v) is 11.4. The molecule has 0 unspecified atom stereocenters. The number of methoxy groups -OCH3 is 1. The smallest absolute Gasteiger partial charge is 0.246 e. The van der Waals surface area contributed by atoms with Crippen LogP contribution in [-0.4, -0.2) is 55.6 Å². The number of hydrogen-bond acceptors (Lipinski definition) is 4. The van der Waals surface area contributed by atoms with Crippen LogP contribution in [0.4, 0.5) is 0 Å². The van der Waals surface area contributed by atoms with Gasteiger partial charge in [0.25, 0.3) is 0 Å². The summed E-state index contributed by atoms with van der Waals surface area (Å²) in [6.45, 7) is 2.51. The normalized spacial score (nSPS) is 12.2. The highest BCUT2D eigenvalue weighted by atomic mass is 35.5. The fourth-order valence-corrected chi connectivity index (χ4v) is 3.23. The quantitative estimate of drug-likeness (QED) is 0.743. The number of halogens is 1. The van der Waals surface area contributed by atoms with Gasteiger partial charge in [-0.05, 0) is 6.92 Å². The van der Waals surface area contributed by atoms with Crippen molar-refractivity contribution in [2.75, 3.05) is 32.7 Å². The number of nitrogens with one attached hydrogen (secondary N) is 1. The first-order valence-electron chi connectivity index (χ1n) is 5.09. The van der Waals surface area contributed by atoms with Gasteiger partial charge in [0.15, 0.2) is 0 Å². The Morgan fingerprint density at radius 3 is 2.71 bits per heavy atom. The second-order valence-corrected chi connectivity index (χ2v) is 5.73. The minimum absolute atomic E-state index is 0.179. The number of aromatic amines is 1. The predicted molar refractivity (Wildman–Crippen MR) is 64.7 cm³/mol. The van der Waals surface area contributed by atoms with Crippen LogP contribution in [0.2, 0.25) is 0 Å². The maximum Gasteiger partial charge on any atom is 0.246 e. The van der Waals surface area contributed by atoms with Crippen LogP contribution in [0.5, 0.6) is 0 Å². The first-order chi connectivity index (χ1) is 8.04. The van der Waals surface area contributed by atoms with E-state index in [2.05, 4.69) is 10.2 Å². The van der Waals surface area contributed by atoms with Gasteiger partial charge in [-0.1, -0.05) is 0 Å². The molecular weight excluding hydrogens is 266 g/mol. The lowest BCUT2D eigenvalue weighted by molar-refractivity contribution is 0.180. The van der Waals surface area contributed by atoms with Crippen molar-refractivity contribution in [1.82, 2.24) is 14.5 Å². The van der Waals surface area contributed by atoms with Gasteiger partial charge in [-0.15, -0.1) is 11.6 Å². The summed E-state index contributed by atoms with van der Waals surface area (Å²) in [7, 11) is -2.03. The Labute approximate surface area is 106 Å². The molecule has 0 aliphatic carbocycles. The van der Waals surface area contributed by atoms with Gasteiger partial charge in [-0.2, -0.15) is 9.40 Å². The lowest BCUT2D eigenvalue weighted by Crippen LogP contribution is -2.35. The summed E-state index contributed by atoms with van der Waals surface area (Å²) >= 11 is 5.61. The molecular formula is C9H16ClN3O3S. The maximum absolute atomic E-state index is 12.3. The molecule has 1 rings (SSSR count). The highest BCUT2D eigenvalue weighted by molar-refractivity contribution is 7.89. The van der Waals surface area contributed by atoms with E-state index in [1.165, 1.54) is 17.6 Å². The number of ether oxygens (including phenoxy) is 1. The van der Waals surface area contributed by atoms with Crippen LogP contribution in [-0.2, 0) is 14.8 Å². The molecule has 1 N–H and O–H groups in total. The van der Waals surface area contributed by atoms with Gasteiger partial charge in [0.05, 0.1) is 18.5 Å². The molecule has 1 aromatic rings. The maximum atomic E-state index is 12.3. The molecule has 8 heteroatoms. The van der Waals surface area contributed by atoms with E-state index in [0.717, 1.165) is 0 Å². The molecule has 0 aliphatic rings. The average molecular weight is 282 g/mol. The summed E-state index contributed by atoms with van der Waals surface area (Å²) in [6.07, 6.45) is 1.30. The average Bonchev–Trinajstić information content (AvgIpc) is 2.71. The topological polar surface area (TPSA) is 75.3 Å². The SMILES string of the molecule is COCCN(CCCl)S(=O)(=O)c1cn[nH]c1C. The predicted octanol–water partition coefficient (Wildman–Crippen LogP) is 0.594. The van der Waals surface area contributed by atoms with Gasteiger partial charge in [-0.25, -0.2) is 8.42 Å². The third kappa shape index (κ3) is 3.41. The van der Waals surface area contributed by atoms with E-state index in [4.69, 9.17) is 16.3 Å². The lowest BCUT2D eigenvalue weighted by Gasteiger charge is -2.20. The molecule has 0 amide bonds. The molecule has 0 atom stereocenters. The van der Waals surface area contributed by atoms with Crippen molar-refractivity contribution in [3.8, 4) is 0 Å². The zero-order chi connectivity index (χ0) is 12.9. The van der Waals surface area contributed by atoms with Crippen molar-refractivity contribution in [3.63, 3.8) is 0 Å². The van der Waals surface area contributed by atoms with Gasteiger partial charge in [0.2, 0.25) is 10.0 Å². The number of aryl methyl sites for hydroxylation is 1. The Morgan fingerprint density at radius 1 is 1.53 bits per heavy atom. The van der Waals surface area contributed by atoms with E-state index in [1.807, 2.05) is 0 Å². The lowest BCUT2D eigenvalue weighted by atomic mass is 10.5. The second kappa shape index (κ2) is 6.34. The van der Waals surface area contributed by atoms with Gasteiger partial charge < -0.3 is 4.74 Å². The fraction of sp³-hybridized carbons (Fsp3) is 0.667. The van der Waals surface area contributed by atoms with Crippen molar-refractivity contribution < 1.29 is 13.2 Å². The number of sulfonamides is 1. The molecule has 0 spiro atoms. The molecule has 1 aromatic heterocycles. The van der Waals surface area contributed by atoms with E-state index >= 15 is 0 Å². The van der Waals surface area contributed by atoms with E-state index in [9.17, 15) is 8.42 Å². The van der Waals surface area contributed by atoms with E-state index in [0.29, 0.717) is 12.3 Å². The Kier molecular flexibility index (Phi) is 5.38. The molecule has 17 heavy (non-hydrogen) atoms. The molecule has 0 radical (unpaired) electrons.